The number of alkyl halides is 3. The van der Waals surface area contributed by atoms with E-state index in [1.165, 1.54) is 19.2 Å². The second-order valence-corrected chi connectivity index (χ2v) is 3.70. The van der Waals surface area contributed by atoms with Crippen molar-refractivity contribution < 1.29 is 22.6 Å². The van der Waals surface area contributed by atoms with Crippen LogP contribution >= 0.6 is 0 Å². The van der Waals surface area contributed by atoms with Gasteiger partial charge in [-0.3, -0.25) is 5.43 Å². The molecule has 21 heavy (non-hydrogen) atoms. The summed E-state index contributed by atoms with van der Waals surface area (Å²) < 4.78 is 47.8. The highest BCUT2D eigenvalue weighted by Gasteiger charge is 2.30. The van der Waals surface area contributed by atoms with Crippen molar-refractivity contribution in [3.8, 4) is 17.8 Å². The molecule has 0 atom stereocenters. The predicted molar refractivity (Wildman–Crippen MR) is 65.7 cm³/mol. The number of nitrogens with one attached hydrogen (secondary N) is 1. The van der Waals surface area contributed by atoms with Crippen LogP contribution in [-0.2, 0) is 6.18 Å². The molecule has 0 aliphatic carbocycles. The Labute approximate surface area is 116 Å². The number of methoxy groups -OCH3 is 1. The summed E-state index contributed by atoms with van der Waals surface area (Å²) in [6, 6.07) is 3.94. The lowest BCUT2D eigenvalue weighted by Gasteiger charge is -2.09. The van der Waals surface area contributed by atoms with Gasteiger partial charge >= 0.3 is 18.2 Å². The zero-order valence-corrected chi connectivity index (χ0v) is 10.7. The van der Waals surface area contributed by atoms with Crippen LogP contribution in [0.15, 0.2) is 24.3 Å². The number of hydrogen-bond donors (Lipinski definition) is 2. The Kier molecular flexibility index (Phi) is 4.08. The Morgan fingerprint density at radius 1 is 1.14 bits per heavy atom. The third-order valence-corrected chi connectivity index (χ3v) is 2.28. The standard InChI is InChI=1S/C11H10F3N5O2/c1-20-9-16-8(19-15)17-10(18-9)21-7-4-2-3-6(5-7)11(12,13)14/h2-5H,15H2,1H3,(H,16,17,18,19). The number of aromatic nitrogens is 3. The highest BCUT2D eigenvalue weighted by Crippen LogP contribution is 2.32. The fourth-order valence-corrected chi connectivity index (χ4v) is 1.38. The number of benzene rings is 1. The van der Waals surface area contributed by atoms with Crippen molar-refractivity contribution >= 4 is 5.95 Å². The van der Waals surface area contributed by atoms with Crippen molar-refractivity contribution in [1.29, 1.82) is 0 Å². The zero-order valence-electron chi connectivity index (χ0n) is 10.7. The molecular formula is C11H10F3N5O2. The van der Waals surface area contributed by atoms with Gasteiger partial charge in [0, 0.05) is 0 Å². The van der Waals surface area contributed by atoms with Crippen molar-refractivity contribution in [1.82, 2.24) is 15.0 Å². The van der Waals surface area contributed by atoms with E-state index in [1.807, 2.05) is 0 Å². The Morgan fingerprint density at radius 2 is 1.86 bits per heavy atom. The Bertz CT molecular complexity index is 613. The molecule has 0 aliphatic heterocycles. The van der Waals surface area contributed by atoms with Crippen LogP contribution in [0.2, 0.25) is 0 Å². The van der Waals surface area contributed by atoms with Crippen molar-refractivity contribution in [2.24, 2.45) is 5.84 Å². The molecule has 0 fully saturated rings. The van der Waals surface area contributed by atoms with Gasteiger partial charge in [-0.25, -0.2) is 5.84 Å². The van der Waals surface area contributed by atoms with Crippen molar-refractivity contribution in [2.75, 3.05) is 12.5 Å². The van der Waals surface area contributed by atoms with E-state index in [9.17, 15) is 13.2 Å². The number of hydrazine groups is 1. The molecule has 0 radical (unpaired) electrons. The Balaban J connectivity index is 2.30. The maximum atomic E-state index is 12.6. The molecule has 7 nitrogen and oxygen atoms in total. The van der Waals surface area contributed by atoms with Crippen LogP contribution in [0.3, 0.4) is 0 Å². The van der Waals surface area contributed by atoms with Crippen LogP contribution in [0.1, 0.15) is 5.56 Å². The molecule has 0 bridgehead atoms. The largest absolute Gasteiger partial charge is 0.467 e. The molecule has 2 aromatic rings. The highest BCUT2D eigenvalue weighted by molar-refractivity contribution is 5.33. The molecule has 1 heterocycles. The monoisotopic (exact) mass is 301 g/mol. The van der Waals surface area contributed by atoms with Gasteiger partial charge in [-0.05, 0) is 18.2 Å². The predicted octanol–water partition coefficient (Wildman–Crippen LogP) is 1.98. The first-order chi connectivity index (χ1) is 9.92. The number of nitrogen functional groups attached to an aromatic ring is 1. The number of halogens is 3. The van der Waals surface area contributed by atoms with Gasteiger partial charge in [0.1, 0.15) is 5.75 Å². The minimum atomic E-state index is -4.47. The van der Waals surface area contributed by atoms with Gasteiger partial charge in [-0.2, -0.15) is 23.1 Å². The van der Waals surface area contributed by atoms with Gasteiger partial charge in [0.2, 0.25) is 5.95 Å². The lowest BCUT2D eigenvalue weighted by molar-refractivity contribution is -0.137. The molecule has 1 aromatic carbocycles. The van der Waals surface area contributed by atoms with Crippen LogP contribution in [0.4, 0.5) is 19.1 Å². The van der Waals surface area contributed by atoms with E-state index < -0.39 is 11.7 Å². The SMILES string of the molecule is COc1nc(NN)nc(Oc2cccc(C(F)(F)F)c2)n1. The van der Waals surface area contributed by atoms with Crippen molar-refractivity contribution in [3.05, 3.63) is 29.8 Å². The zero-order chi connectivity index (χ0) is 15.5. The fourth-order valence-electron chi connectivity index (χ4n) is 1.38. The molecule has 1 aromatic heterocycles. The second-order valence-electron chi connectivity index (χ2n) is 3.70. The molecule has 10 heteroatoms. The van der Waals surface area contributed by atoms with Gasteiger partial charge in [-0.15, -0.1) is 4.98 Å². The maximum absolute atomic E-state index is 12.6. The van der Waals surface area contributed by atoms with E-state index >= 15 is 0 Å². The van der Waals surface area contributed by atoms with E-state index in [-0.39, 0.29) is 23.7 Å². The van der Waals surface area contributed by atoms with Gasteiger partial charge in [0.15, 0.2) is 0 Å². The summed E-state index contributed by atoms with van der Waals surface area (Å²) in [5, 5.41) is 0. The third-order valence-electron chi connectivity index (χ3n) is 2.28. The average Bonchev–Trinajstić information content (AvgIpc) is 2.46. The average molecular weight is 301 g/mol. The number of rotatable bonds is 4. The summed E-state index contributed by atoms with van der Waals surface area (Å²) >= 11 is 0. The topological polar surface area (TPSA) is 95.2 Å². The number of anilines is 1. The van der Waals surface area contributed by atoms with E-state index in [0.29, 0.717) is 0 Å². The summed E-state index contributed by atoms with van der Waals surface area (Å²) in [5.74, 6) is 5.02. The summed E-state index contributed by atoms with van der Waals surface area (Å²) in [5.41, 5.74) is 1.31. The smallest absolute Gasteiger partial charge is 0.416 e. The molecule has 3 N–H and O–H groups in total. The minimum absolute atomic E-state index is 0.0520. The lowest BCUT2D eigenvalue weighted by atomic mass is 10.2. The quantitative estimate of drug-likeness (QED) is 0.658. The van der Waals surface area contributed by atoms with Crippen molar-refractivity contribution in [3.63, 3.8) is 0 Å². The molecule has 0 spiro atoms. The molecule has 0 amide bonds. The van der Waals surface area contributed by atoms with Gasteiger partial charge < -0.3 is 9.47 Å². The molecule has 0 unspecified atom stereocenters. The highest BCUT2D eigenvalue weighted by atomic mass is 19.4. The first kappa shape index (κ1) is 14.8. The molecule has 112 valence electrons. The molecule has 0 aliphatic rings. The van der Waals surface area contributed by atoms with E-state index in [0.717, 1.165) is 12.1 Å². The van der Waals surface area contributed by atoms with Crippen LogP contribution in [0.25, 0.3) is 0 Å². The first-order valence-electron chi connectivity index (χ1n) is 5.54. The third kappa shape index (κ3) is 3.69. The summed E-state index contributed by atoms with van der Waals surface area (Å²) in [6.07, 6.45) is -4.47. The number of nitrogens with zero attached hydrogens (tertiary/aromatic N) is 3. The van der Waals surface area contributed by atoms with E-state index in [1.54, 1.807) is 0 Å². The van der Waals surface area contributed by atoms with Crippen LogP contribution in [0.5, 0.6) is 17.8 Å². The summed E-state index contributed by atoms with van der Waals surface area (Å²) in [7, 11) is 1.31. The summed E-state index contributed by atoms with van der Waals surface area (Å²) in [4.78, 5) is 11.2. The molecule has 0 saturated carbocycles. The summed E-state index contributed by atoms with van der Waals surface area (Å²) in [6.45, 7) is 0. The van der Waals surface area contributed by atoms with E-state index in [2.05, 4.69) is 20.4 Å². The lowest BCUT2D eigenvalue weighted by Crippen LogP contribution is -2.12. The first-order valence-corrected chi connectivity index (χ1v) is 5.54. The van der Waals surface area contributed by atoms with E-state index in [4.69, 9.17) is 15.3 Å². The van der Waals surface area contributed by atoms with Crippen LogP contribution < -0.4 is 20.7 Å². The van der Waals surface area contributed by atoms with Crippen molar-refractivity contribution in [2.45, 2.75) is 6.18 Å². The van der Waals surface area contributed by atoms with Crippen LogP contribution in [0, 0.1) is 0 Å². The second kappa shape index (κ2) is 5.79. The minimum Gasteiger partial charge on any atom is -0.467 e. The number of hydrogen-bond acceptors (Lipinski definition) is 7. The Hall–Kier alpha value is -2.62. The molecule has 0 saturated heterocycles. The fraction of sp³-hybridized carbons (Fsp3) is 0.182. The molecular weight excluding hydrogens is 291 g/mol. The normalized spacial score (nSPS) is 11.1. The Morgan fingerprint density at radius 3 is 2.48 bits per heavy atom. The van der Waals surface area contributed by atoms with Gasteiger partial charge in [-0.1, -0.05) is 6.07 Å². The number of ether oxygens (including phenoxy) is 2. The maximum Gasteiger partial charge on any atom is 0.416 e. The van der Waals surface area contributed by atoms with Crippen LogP contribution in [-0.4, -0.2) is 22.1 Å². The van der Waals surface area contributed by atoms with Gasteiger partial charge in [0.05, 0.1) is 12.7 Å². The number of nitrogens with two attached hydrogens (primary N) is 1. The van der Waals surface area contributed by atoms with Gasteiger partial charge in [0.25, 0.3) is 0 Å². The molecule has 2 rings (SSSR count).